The predicted molar refractivity (Wildman–Crippen MR) is 97.0 cm³/mol. The molecule has 0 bridgehead atoms. The Kier molecular flexibility index (Phi) is 4.43. The zero-order chi connectivity index (χ0) is 17.8. The molecule has 1 fully saturated rings. The topological polar surface area (TPSA) is 95.5 Å². The van der Waals surface area contributed by atoms with E-state index in [1.54, 1.807) is 16.9 Å². The van der Waals surface area contributed by atoms with Crippen molar-refractivity contribution in [3.63, 3.8) is 0 Å². The molecule has 26 heavy (non-hydrogen) atoms. The molecule has 4 rings (SSSR count). The predicted octanol–water partition coefficient (Wildman–Crippen LogP) is 2.01. The van der Waals surface area contributed by atoms with E-state index in [1.165, 1.54) is 0 Å². The van der Waals surface area contributed by atoms with Crippen LogP contribution in [-0.2, 0) is 0 Å². The van der Waals surface area contributed by atoms with Crippen LogP contribution in [0.4, 0.5) is 11.8 Å². The van der Waals surface area contributed by atoms with Gasteiger partial charge in [0.05, 0.1) is 11.3 Å². The fourth-order valence-electron chi connectivity index (χ4n) is 3.09. The zero-order valence-corrected chi connectivity index (χ0v) is 14.2. The largest absolute Gasteiger partial charge is 0.356 e. The van der Waals surface area contributed by atoms with Gasteiger partial charge in [0.2, 0.25) is 5.95 Å². The first-order valence-electron chi connectivity index (χ1n) is 8.55. The number of para-hydroxylation sites is 1. The summed E-state index contributed by atoms with van der Waals surface area (Å²) in [6.45, 7) is 1.78. The first-order chi connectivity index (χ1) is 12.8. The number of hydrogen-bond acceptors (Lipinski definition) is 7. The SMILES string of the molecule is N#Cc1ccc(N2CCC(Nc3nnnn3-c3ccccc3)CC2)nc1. The number of nitrogens with one attached hydrogen (secondary N) is 1. The van der Waals surface area contributed by atoms with Crippen molar-refractivity contribution in [3.8, 4) is 11.8 Å². The first-order valence-corrected chi connectivity index (χ1v) is 8.55. The third kappa shape index (κ3) is 3.32. The van der Waals surface area contributed by atoms with E-state index in [1.807, 2.05) is 36.4 Å². The molecule has 2 aromatic heterocycles. The molecule has 1 aliphatic heterocycles. The smallest absolute Gasteiger partial charge is 0.247 e. The minimum absolute atomic E-state index is 0.304. The van der Waals surface area contributed by atoms with Crippen molar-refractivity contribution in [1.29, 1.82) is 5.26 Å². The van der Waals surface area contributed by atoms with Crippen molar-refractivity contribution in [2.75, 3.05) is 23.3 Å². The van der Waals surface area contributed by atoms with Gasteiger partial charge in [0.25, 0.3) is 0 Å². The molecular weight excluding hydrogens is 328 g/mol. The van der Waals surface area contributed by atoms with E-state index in [0.29, 0.717) is 17.6 Å². The van der Waals surface area contributed by atoms with Crippen molar-refractivity contribution in [2.45, 2.75) is 18.9 Å². The molecular formula is C18H18N8. The molecule has 0 radical (unpaired) electrons. The van der Waals surface area contributed by atoms with E-state index < -0.39 is 0 Å². The molecule has 0 atom stereocenters. The van der Waals surface area contributed by atoms with Gasteiger partial charge in [0.1, 0.15) is 11.9 Å². The van der Waals surface area contributed by atoms with Gasteiger partial charge in [-0.1, -0.05) is 23.3 Å². The fourth-order valence-corrected chi connectivity index (χ4v) is 3.09. The van der Waals surface area contributed by atoms with Crippen LogP contribution >= 0.6 is 0 Å². The molecule has 0 saturated carbocycles. The number of rotatable bonds is 4. The molecule has 0 aliphatic carbocycles. The van der Waals surface area contributed by atoms with Gasteiger partial charge >= 0.3 is 0 Å². The second-order valence-electron chi connectivity index (χ2n) is 6.17. The van der Waals surface area contributed by atoms with Gasteiger partial charge in [-0.3, -0.25) is 0 Å². The number of nitriles is 1. The third-order valence-electron chi connectivity index (χ3n) is 4.50. The normalized spacial score (nSPS) is 14.8. The van der Waals surface area contributed by atoms with Gasteiger partial charge in [-0.15, -0.1) is 0 Å². The number of piperidine rings is 1. The molecule has 1 saturated heterocycles. The Hall–Kier alpha value is -3.47. The first kappa shape index (κ1) is 16.0. The molecule has 0 unspecified atom stereocenters. The minimum atomic E-state index is 0.304. The monoisotopic (exact) mass is 346 g/mol. The summed E-state index contributed by atoms with van der Waals surface area (Å²) >= 11 is 0. The van der Waals surface area contributed by atoms with E-state index in [2.05, 4.69) is 36.8 Å². The van der Waals surface area contributed by atoms with E-state index in [9.17, 15) is 0 Å². The Bertz CT molecular complexity index is 889. The Morgan fingerprint density at radius 3 is 2.58 bits per heavy atom. The van der Waals surface area contributed by atoms with Crippen LogP contribution in [0.25, 0.3) is 5.69 Å². The highest BCUT2D eigenvalue weighted by atomic mass is 15.6. The second-order valence-corrected chi connectivity index (χ2v) is 6.17. The summed E-state index contributed by atoms with van der Waals surface area (Å²) in [6.07, 6.45) is 3.54. The maximum atomic E-state index is 8.87. The summed E-state index contributed by atoms with van der Waals surface area (Å²) in [5.41, 5.74) is 1.51. The number of pyridine rings is 1. The van der Waals surface area contributed by atoms with Gasteiger partial charge in [-0.05, 0) is 47.5 Å². The van der Waals surface area contributed by atoms with Gasteiger partial charge in [-0.2, -0.15) is 9.94 Å². The summed E-state index contributed by atoms with van der Waals surface area (Å²) in [5.74, 6) is 1.57. The lowest BCUT2D eigenvalue weighted by molar-refractivity contribution is 0.519. The van der Waals surface area contributed by atoms with Crippen LogP contribution in [0.1, 0.15) is 18.4 Å². The second kappa shape index (κ2) is 7.19. The van der Waals surface area contributed by atoms with Crippen molar-refractivity contribution < 1.29 is 0 Å². The summed E-state index contributed by atoms with van der Waals surface area (Å²) in [5, 5.41) is 24.3. The highest BCUT2D eigenvalue weighted by Gasteiger charge is 2.22. The van der Waals surface area contributed by atoms with Gasteiger partial charge < -0.3 is 10.2 Å². The highest BCUT2D eigenvalue weighted by molar-refractivity contribution is 5.43. The minimum Gasteiger partial charge on any atom is -0.356 e. The van der Waals surface area contributed by atoms with Gasteiger partial charge in [0, 0.05) is 25.3 Å². The zero-order valence-electron chi connectivity index (χ0n) is 14.2. The summed E-state index contributed by atoms with van der Waals surface area (Å²) in [6, 6.07) is 15.9. The number of nitrogens with zero attached hydrogens (tertiary/aromatic N) is 7. The van der Waals surface area contributed by atoms with Crippen LogP contribution in [0, 0.1) is 11.3 Å². The van der Waals surface area contributed by atoms with Crippen LogP contribution in [0.5, 0.6) is 0 Å². The summed E-state index contributed by atoms with van der Waals surface area (Å²) < 4.78 is 1.72. The lowest BCUT2D eigenvalue weighted by Gasteiger charge is -2.33. The van der Waals surface area contributed by atoms with Crippen molar-refractivity contribution in [3.05, 3.63) is 54.2 Å². The number of hydrogen-bond donors (Lipinski definition) is 1. The van der Waals surface area contributed by atoms with E-state index in [4.69, 9.17) is 5.26 Å². The number of anilines is 2. The Morgan fingerprint density at radius 2 is 1.88 bits per heavy atom. The van der Waals surface area contributed by atoms with E-state index in [0.717, 1.165) is 37.4 Å². The molecule has 0 spiro atoms. The molecule has 0 amide bonds. The molecule has 3 aromatic rings. The molecule has 8 nitrogen and oxygen atoms in total. The highest BCUT2D eigenvalue weighted by Crippen LogP contribution is 2.21. The summed E-state index contributed by atoms with van der Waals surface area (Å²) in [4.78, 5) is 6.61. The number of tetrazole rings is 1. The average Bonchev–Trinajstić information content (AvgIpc) is 3.17. The van der Waals surface area contributed by atoms with Gasteiger partial charge in [0.15, 0.2) is 0 Å². The maximum Gasteiger partial charge on any atom is 0.247 e. The fraction of sp³-hybridized carbons (Fsp3) is 0.278. The average molecular weight is 346 g/mol. The molecule has 3 heterocycles. The standard InChI is InChI=1S/C18H18N8/c19-12-14-6-7-17(20-13-14)25-10-8-15(9-11-25)21-18-22-23-24-26(18)16-4-2-1-3-5-16/h1-7,13,15H,8-11H2,(H,21,22,24). The molecule has 1 aliphatic rings. The number of benzene rings is 1. The van der Waals surface area contributed by atoms with Crippen LogP contribution < -0.4 is 10.2 Å². The van der Waals surface area contributed by atoms with Crippen molar-refractivity contribution >= 4 is 11.8 Å². The Labute approximate surface area is 151 Å². The molecule has 130 valence electrons. The Balaban J connectivity index is 1.39. The quantitative estimate of drug-likeness (QED) is 0.772. The molecule has 1 N–H and O–H groups in total. The van der Waals surface area contributed by atoms with Crippen LogP contribution in [0.3, 0.4) is 0 Å². The lowest BCUT2D eigenvalue weighted by Crippen LogP contribution is -2.40. The lowest BCUT2D eigenvalue weighted by atomic mass is 10.1. The van der Waals surface area contributed by atoms with Crippen molar-refractivity contribution in [1.82, 2.24) is 25.2 Å². The summed E-state index contributed by atoms with van der Waals surface area (Å²) in [7, 11) is 0. The van der Waals surface area contributed by atoms with Crippen molar-refractivity contribution in [2.24, 2.45) is 0 Å². The van der Waals surface area contributed by atoms with Crippen LogP contribution in [0.15, 0.2) is 48.7 Å². The van der Waals surface area contributed by atoms with E-state index >= 15 is 0 Å². The molecule has 1 aromatic carbocycles. The third-order valence-corrected chi connectivity index (χ3v) is 4.50. The Morgan fingerprint density at radius 1 is 1.08 bits per heavy atom. The maximum absolute atomic E-state index is 8.87. The van der Waals surface area contributed by atoms with E-state index in [-0.39, 0.29) is 0 Å². The number of aromatic nitrogens is 5. The molecule has 8 heteroatoms. The van der Waals surface area contributed by atoms with Gasteiger partial charge in [-0.25, -0.2) is 4.98 Å². The van der Waals surface area contributed by atoms with Crippen LogP contribution in [-0.4, -0.2) is 44.3 Å². The van der Waals surface area contributed by atoms with Crippen LogP contribution in [0.2, 0.25) is 0 Å².